The van der Waals surface area contributed by atoms with Gasteiger partial charge < -0.3 is 15.6 Å². The first-order chi connectivity index (χ1) is 8.21. The molecule has 6 nitrogen and oxygen atoms in total. The number of sulfone groups is 1. The highest BCUT2D eigenvalue weighted by Gasteiger charge is 2.25. The summed E-state index contributed by atoms with van der Waals surface area (Å²) in [6.07, 6.45) is 0. The summed E-state index contributed by atoms with van der Waals surface area (Å²) in [6.45, 7) is 3.00. The highest BCUT2D eigenvalue weighted by Crippen LogP contribution is 2.30. The number of hydrogen-bond acceptors (Lipinski definition) is 5. The number of hydrogen-bond donors (Lipinski definition) is 2. The first kappa shape index (κ1) is 14.3. The Bertz CT molecular complexity index is 577. The molecular formula is C11H15NO5S. The third-order valence-corrected chi connectivity index (χ3v) is 4.70. The Morgan fingerprint density at radius 2 is 1.94 bits per heavy atom. The van der Waals surface area contributed by atoms with E-state index in [9.17, 15) is 13.2 Å². The molecule has 0 saturated heterocycles. The lowest BCUT2D eigenvalue weighted by atomic mass is 10.2. The fourth-order valence-electron chi connectivity index (χ4n) is 1.41. The molecule has 1 aromatic rings. The van der Waals surface area contributed by atoms with Gasteiger partial charge in [-0.3, -0.25) is 0 Å². The smallest absolute Gasteiger partial charge is 0.339 e. The summed E-state index contributed by atoms with van der Waals surface area (Å²) in [6, 6.07) is 2.24. The second-order valence-electron chi connectivity index (χ2n) is 3.99. The summed E-state index contributed by atoms with van der Waals surface area (Å²) in [5.41, 5.74) is 5.38. The highest BCUT2D eigenvalue weighted by atomic mass is 32.2. The number of anilines is 1. The van der Waals surface area contributed by atoms with Crippen LogP contribution in [0.3, 0.4) is 0 Å². The number of methoxy groups -OCH3 is 1. The molecule has 0 saturated carbocycles. The number of rotatable bonds is 4. The van der Waals surface area contributed by atoms with Crippen molar-refractivity contribution in [2.24, 2.45) is 0 Å². The standard InChI is InChI=1S/C11H15NO5S/c1-6(2)18(15,16)10-4-7(11(13)14)9(17-3)5-8(10)12/h4-6H,12H2,1-3H3,(H,13,14). The molecule has 0 amide bonds. The van der Waals surface area contributed by atoms with Gasteiger partial charge in [-0.05, 0) is 19.9 Å². The van der Waals surface area contributed by atoms with Gasteiger partial charge in [0.1, 0.15) is 11.3 Å². The lowest BCUT2D eigenvalue weighted by molar-refractivity contribution is 0.0693. The van der Waals surface area contributed by atoms with Crippen LogP contribution in [0.2, 0.25) is 0 Å². The van der Waals surface area contributed by atoms with Crippen LogP contribution < -0.4 is 10.5 Å². The summed E-state index contributed by atoms with van der Waals surface area (Å²) < 4.78 is 28.9. The fourth-order valence-corrected chi connectivity index (χ4v) is 2.59. The maximum atomic E-state index is 12.0. The van der Waals surface area contributed by atoms with E-state index in [2.05, 4.69) is 0 Å². The maximum Gasteiger partial charge on any atom is 0.339 e. The average molecular weight is 273 g/mol. The number of ether oxygens (including phenoxy) is 1. The van der Waals surface area contributed by atoms with Crippen LogP contribution in [0.4, 0.5) is 5.69 Å². The predicted molar refractivity (Wildman–Crippen MR) is 66.7 cm³/mol. The molecule has 0 unspecified atom stereocenters. The molecule has 1 aromatic carbocycles. The van der Waals surface area contributed by atoms with Gasteiger partial charge in [0.25, 0.3) is 0 Å². The number of benzene rings is 1. The summed E-state index contributed by atoms with van der Waals surface area (Å²) >= 11 is 0. The average Bonchev–Trinajstić information content (AvgIpc) is 2.27. The van der Waals surface area contributed by atoms with Crippen LogP contribution in [0, 0.1) is 0 Å². The van der Waals surface area contributed by atoms with Crippen molar-refractivity contribution in [3.63, 3.8) is 0 Å². The monoisotopic (exact) mass is 273 g/mol. The summed E-state index contributed by atoms with van der Waals surface area (Å²) in [4.78, 5) is 10.8. The number of aromatic carboxylic acids is 1. The number of carbonyl (C=O) groups is 1. The topological polar surface area (TPSA) is 107 Å². The first-order valence-electron chi connectivity index (χ1n) is 5.16. The van der Waals surface area contributed by atoms with E-state index in [1.54, 1.807) is 0 Å². The Morgan fingerprint density at radius 3 is 2.33 bits per heavy atom. The fraction of sp³-hybridized carbons (Fsp3) is 0.364. The second-order valence-corrected chi connectivity index (χ2v) is 6.46. The van der Waals surface area contributed by atoms with E-state index in [4.69, 9.17) is 15.6 Å². The van der Waals surface area contributed by atoms with Gasteiger partial charge in [0.15, 0.2) is 9.84 Å². The summed E-state index contributed by atoms with van der Waals surface area (Å²) in [5, 5.41) is 8.32. The van der Waals surface area contributed by atoms with Crippen LogP contribution in [0.1, 0.15) is 24.2 Å². The molecule has 100 valence electrons. The van der Waals surface area contributed by atoms with E-state index in [1.165, 1.54) is 27.0 Å². The van der Waals surface area contributed by atoms with Crippen molar-refractivity contribution < 1.29 is 23.1 Å². The molecule has 0 radical (unpaired) electrons. The van der Waals surface area contributed by atoms with Crippen molar-refractivity contribution in [2.45, 2.75) is 24.0 Å². The van der Waals surface area contributed by atoms with Crippen molar-refractivity contribution >= 4 is 21.5 Å². The van der Waals surface area contributed by atoms with Crippen LogP contribution in [0.25, 0.3) is 0 Å². The van der Waals surface area contributed by atoms with E-state index in [-0.39, 0.29) is 21.9 Å². The van der Waals surface area contributed by atoms with Crippen LogP contribution in [-0.2, 0) is 9.84 Å². The molecular weight excluding hydrogens is 258 g/mol. The Labute approximate surface area is 105 Å². The summed E-state index contributed by atoms with van der Waals surface area (Å²) in [5.74, 6) is -1.24. The number of carboxylic acids is 1. The number of carboxylic acid groups (broad SMARTS) is 1. The molecule has 0 aliphatic carbocycles. The third kappa shape index (κ3) is 2.40. The van der Waals surface area contributed by atoms with Gasteiger partial charge in [-0.15, -0.1) is 0 Å². The Kier molecular flexibility index (Phi) is 3.85. The van der Waals surface area contributed by atoms with Crippen molar-refractivity contribution in [3.05, 3.63) is 17.7 Å². The summed E-state index contributed by atoms with van der Waals surface area (Å²) in [7, 11) is -2.34. The van der Waals surface area contributed by atoms with Crippen LogP contribution in [-0.4, -0.2) is 31.9 Å². The molecule has 0 atom stereocenters. The molecule has 0 fully saturated rings. The van der Waals surface area contributed by atoms with Gasteiger partial charge in [-0.2, -0.15) is 0 Å². The van der Waals surface area contributed by atoms with E-state index < -0.39 is 21.1 Å². The van der Waals surface area contributed by atoms with E-state index in [0.29, 0.717) is 0 Å². The minimum atomic E-state index is -3.63. The van der Waals surface area contributed by atoms with Crippen LogP contribution in [0.15, 0.2) is 17.0 Å². The Balaban J connectivity index is 3.59. The number of nitrogen functional groups attached to an aromatic ring is 1. The Morgan fingerprint density at radius 1 is 1.39 bits per heavy atom. The maximum absolute atomic E-state index is 12.0. The molecule has 0 heterocycles. The quantitative estimate of drug-likeness (QED) is 0.797. The molecule has 0 bridgehead atoms. The molecule has 18 heavy (non-hydrogen) atoms. The second kappa shape index (κ2) is 4.85. The zero-order chi connectivity index (χ0) is 14.1. The van der Waals surface area contributed by atoms with Crippen molar-refractivity contribution in [1.82, 2.24) is 0 Å². The molecule has 0 aliphatic heterocycles. The van der Waals surface area contributed by atoms with Gasteiger partial charge in [-0.25, -0.2) is 13.2 Å². The van der Waals surface area contributed by atoms with Gasteiger partial charge in [0.05, 0.1) is 22.9 Å². The Hall–Kier alpha value is -1.76. The largest absolute Gasteiger partial charge is 0.496 e. The molecule has 1 rings (SSSR count). The number of nitrogens with two attached hydrogens (primary N) is 1. The van der Waals surface area contributed by atoms with Crippen molar-refractivity contribution in [2.75, 3.05) is 12.8 Å². The third-order valence-electron chi connectivity index (χ3n) is 2.49. The van der Waals surface area contributed by atoms with E-state index in [0.717, 1.165) is 6.07 Å². The van der Waals surface area contributed by atoms with Crippen LogP contribution >= 0.6 is 0 Å². The van der Waals surface area contributed by atoms with Gasteiger partial charge >= 0.3 is 5.97 Å². The zero-order valence-electron chi connectivity index (χ0n) is 10.3. The minimum absolute atomic E-state index is 0.0226. The molecule has 3 N–H and O–H groups in total. The van der Waals surface area contributed by atoms with E-state index >= 15 is 0 Å². The highest BCUT2D eigenvalue weighted by molar-refractivity contribution is 7.92. The lowest BCUT2D eigenvalue weighted by Gasteiger charge is -2.13. The zero-order valence-corrected chi connectivity index (χ0v) is 11.1. The van der Waals surface area contributed by atoms with Gasteiger partial charge in [0, 0.05) is 6.07 Å². The first-order valence-corrected chi connectivity index (χ1v) is 6.71. The van der Waals surface area contributed by atoms with Crippen molar-refractivity contribution in [1.29, 1.82) is 0 Å². The molecule has 0 aliphatic rings. The van der Waals surface area contributed by atoms with Gasteiger partial charge in [0.2, 0.25) is 0 Å². The SMILES string of the molecule is COc1cc(N)c(S(=O)(=O)C(C)C)cc1C(=O)O. The lowest BCUT2D eigenvalue weighted by Crippen LogP contribution is -2.17. The normalized spacial score (nSPS) is 11.6. The molecule has 7 heteroatoms. The van der Waals surface area contributed by atoms with Crippen LogP contribution in [0.5, 0.6) is 5.75 Å². The minimum Gasteiger partial charge on any atom is -0.496 e. The molecule has 0 aromatic heterocycles. The molecule has 0 spiro atoms. The van der Waals surface area contributed by atoms with E-state index in [1.807, 2.05) is 0 Å². The van der Waals surface area contributed by atoms with Gasteiger partial charge in [-0.1, -0.05) is 0 Å². The predicted octanol–water partition coefficient (Wildman–Crippen LogP) is 1.16. The van der Waals surface area contributed by atoms with Crippen molar-refractivity contribution in [3.8, 4) is 5.75 Å².